The Hall–Kier alpha value is -0.240. The molecule has 1 rings (SSSR count). The molecule has 0 saturated carbocycles. The quantitative estimate of drug-likeness (QED) is 0.383. The number of ether oxygens (including phenoxy) is 2. The van der Waals surface area contributed by atoms with E-state index in [-0.39, 0.29) is 6.54 Å². The highest BCUT2D eigenvalue weighted by Gasteiger charge is 2.43. The van der Waals surface area contributed by atoms with Crippen LogP contribution in [0.2, 0.25) is 0 Å². The Labute approximate surface area is 75.9 Å². The Morgan fingerprint density at radius 2 is 1.85 bits per heavy atom. The third-order valence-corrected chi connectivity index (χ3v) is 2.13. The molecule has 0 aliphatic carbocycles. The van der Waals surface area contributed by atoms with E-state index < -0.39 is 30.7 Å². The SMILES string of the molecule is CO[C@H]1OC(CN)[C@@H](O)[C@@H](O)C1O. The molecule has 0 aromatic heterocycles. The summed E-state index contributed by atoms with van der Waals surface area (Å²) in [7, 11) is 1.34. The molecule has 2 unspecified atom stereocenters. The Bertz CT molecular complexity index is 147. The van der Waals surface area contributed by atoms with E-state index in [0.717, 1.165) is 0 Å². The largest absolute Gasteiger partial charge is 0.388 e. The van der Waals surface area contributed by atoms with Crippen LogP contribution in [0.3, 0.4) is 0 Å². The van der Waals surface area contributed by atoms with E-state index in [1.807, 2.05) is 0 Å². The zero-order valence-corrected chi connectivity index (χ0v) is 7.33. The van der Waals surface area contributed by atoms with Gasteiger partial charge >= 0.3 is 0 Å². The highest BCUT2D eigenvalue weighted by Crippen LogP contribution is 2.20. The molecular weight excluding hydrogens is 178 g/mol. The summed E-state index contributed by atoms with van der Waals surface area (Å²) in [5.41, 5.74) is 5.28. The lowest BCUT2D eigenvalue weighted by molar-refractivity contribution is -0.287. The summed E-state index contributed by atoms with van der Waals surface area (Å²) in [6.07, 6.45) is -5.35. The van der Waals surface area contributed by atoms with Crippen LogP contribution >= 0.6 is 0 Å². The Morgan fingerprint density at radius 1 is 1.23 bits per heavy atom. The first-order chi connectivity index (χ1) is 6.11. The van der Waals surface area contributed by atoms with Crippen LogP contribution in [0.5, 0.6) is 0 Å². The maximum absolute atomic E-state index is 9.35. The molecule has 1 saturated heterocycles. The van der Waals surface area contributed by atoms with Crippen molar-refractivity contribution in [1.82, 2.24) is 0 Å². The van der Waals surface area contributed by atoms with Gasteiger partial charge in [0, 0.05) is 13.7 Å². The van der Waals surface area contributed by atoms with E-state index in [4.69, 9.17) is 15.2 Å². The lowest BCUT2D eigenvalue weighted by Gasteiger charge is -2.39. The molecule has 78 valence electrons. The molecular formula is C7H15NO5. The van der Waals surface area contributed by atoms with E-state index in [1.54, 1.807) is 0 Å². The summed E-state index contributed by atoms with van der Waals surface area (Å²) in [6.45, 7) is 0.0603. The predicted molar refractivity (Wildman–Crippen MR) is 42.7 cm³/mol. The summed E-state index contributed by atoms with van der Waals surface area (Å²) in [5, 5.41) is 28.0. The zero-order chi connectivity index (χ0) is 10.0. The van der Waals surface area contributed by atoms with Crippen LogP contribution in [0.25, 0.3) is 0 Å². The van der Waals surface area contributed by atoms with Gasteiger partial charge in [-0.05, 0) is 0 Å². The average molecular weight is 193 g/mol. The van der Waals surface area contributed by atoms with Crippen LogP contribution in [-0.4, -0.2) is 59.7 Å². The number of aliphatic hydroxyl groups is 3. The maximum Gasteiger partial charge on any atom is 0.186 e. The molecule has 13 heavy (non-hydrogen) atoms. The summed E-state index contributed by atoms with van der Waals surface area (Å²) >= 11 is 0. The lowest BCUT2D eigenvalue weighted by Crippen LogP contribution is -2.59. The molecule has 5 N–H and O–H groups in total. The molecule has 1 aliphatic rings. The van der Waals surface area contributed by atoms with Gasteiger partial charge in [-0.1, -0.05) is 0 Å². The van der Waals surface area contributed by atoms with Crippen molar-refractivity contribution in [1.29, 1.82) is 0 Å². The van der Waals surface area contributed by atoms with Crippen molar-refractivity contribution in [3.05, 3.63) is 0 Å². The third kappa shape index (κ3) is 1.98. The van der Waals surface area contributed by atoms with Gasteiger partial charge in [0.1, 0.15) is 24.4 Å². The molecule has 0 aromatic rings. The lowest BCUT2D eigenvalue weighted by atomic mass is 9.99. The van der Waals surface area contributed by atoms with Gasteiger partial charge in [-0.15, -0.1) is 0 Å². The number of hydrogen-bond donors (Lipinski definition) is 4. The maximum atomic E-state index is 9.35. The van der Waals surface area contributed by atoms with Gasteiger partial charge in [0.25, 0.3) is 0 Å². The first-order valence-electron chi connectivity index (χ1n) is 4.04. The van der Waals surface area contributed by atoms with Crippen LogP contribution in [0.4, 0.5) is 0 Å². The molecule has 5 atom stereocenters. The fraction of sp³-hybridized carbons (Fsp3) is 1.00. The van der Waals surface area contributed by atoms with Crippen molar-refractivity contribution < 1.29 is 24.8 Å². The summed E-state index contributed by atoms with van der Waals surface area (Å²) in [4.78, 5) is 0. The number of methoxy groups -OCH3 is 1. The van der Waals surface area contributed by atoms with Gasteiger partial charge in [0.05, 0.1) is 0 Å². The van der Waals surface area contributed by atoms with Gasteiger partial charge in [-0.2, -0.15) is 0 Å². The van der Waals surface area contributed by atoms with Crippen molar-refractivity contribution >= 4 is 0 Å². The second-order valence-electron chi connectivity index (χ2n) is 2.99. The highest BCUT2D eigenvalue weighted by molar-refractivity contribution is 4.89. The monoisotopic (exact) mass is 193 g/mol. The topological polar surface area (TPSA) is 105 Å². The van der Waals surface area contributed by atoms with Gasteiger partial charge in [0.15, 0.2) is 6.29 Å². The first-order valence-corrected chi connectivity index (χ1v) is 4.04. The minimum atomic E-state index is -1.28. The fourth-order valence-corrected chi connectivity index (χ4v) is 1.31. The van der Waals surface area contributed by atoms with Gasteiger partial charge in [-0.3, -0.25) is 0 Å². The van der Waals surface area contributed by atoms with Crippen molar-refractivity contribution in [3.63, 3.8) is 0 Å². The molecule has 1 fully saturated rings. The normalized spacial score (nSPS) is 46.4. The zero-order valence-electron chi connectivity index (χ0n) is 7.33. The summed E-state index contributed by atoms with van der Waals surface area (Å²) < 4.78 is 9.83. The molecule has 6 nitrogen and oxygen atoms in total. The molecule has 1 heterocycles. The number of aliphatic hydroxyl groups excluding tert-OH is 3. The van der Waals surface area contributed by atoms with Crippen molar-refractivity contribution in [2.75, 3.05) is 13.7 Å². The predicted octanol–water partition coefficient (Wildman–Crippen LogP) is -2.60. The summed E-state index contributed by atoms with van der Waals surface area (Å²) in [5.74, 6) is 0. The smallest absolute Gasteiger partial charge is 0.186 e. The van der Waals surface area contributed by atoms with E-state index in [0.29, 0.717) is 0 Å². The highest BCUT2D eigenvalue weighted by atomic mass is 16.7. The molecule has 1 aliphatic heterocycles. The Morgan fingerprint density at radius 3 is 2.31 bits per heavy atom. The third-order valence-electron chi connectivity index (χ3n) is 2.13. The van der Waals surface area contributed by atoms with Crippen LogP contribution in [0, 0.1) is 0 Å². The average Bonchev–Trinajstić information content (AvgIpc) is 2.15. The van der Waals surface area contributed by atoms with E-state index in [2.05, 4.69) is 0 Å². The number of nitrogens with two attached hydrogens (primary N) is 1. The van der Waals surface area contributed by atoms with Crippen molar-refractivity contribution in [2.45, 2.75) is 30.7 Å². The van der Waals surface area contributed by atoms with Crippen LogP contribution in [0.1, 0.15) is 0 Å². The fourth-order valence-electron chi connectivity index (χ4n) is 1.31. The van der Waals surface area contributed by atoms with Crippen molar-refractivity contribution in [2.24, 2.45) is 5.73 Å². The second kappa shape index (κ2) is 4.32. The van der Waals surface area contributed by atoms with E-state index in [1.165, 1.54) is 7.11 Å². The van der Waals surface area contributed by atoms with E-state index in [9.17, 15) is 15.3 Å². The van der Waals surface area contributed by atoms with Gasteiger partial charge in [0.2, 0.25) is 0 Å². The molecule has 6 heteroatoms. The Balaban J connectivity index is 2.66. The molecule has 0 amide bonds. The molecule has 0 spiro atoms. The first kappa shape index (κ1) is 10.8. The minimum absolute atomic E-state index is 0.0603. The Kier molecular flexibility index (Phi) is 3.60. The standard InChI is InChI=1S/C7H15NO5/c1-12-7-6(11)5(10)4(9)3(2-8)13-7/h3-7,9-11H,2,8H2,1H3/t3?,4-,5-,6?,7+/m1/s1. The van der Waals surface area contributed by atoms with Crippen LogP contribution in [0.15, 0.2) is 0 Å². The molecule has 0 radical (unpaired) electrons. The number of rotatable bonds is 2. The molecule has 0 aromatic carbocycles. The minimum Gasteiger partial charge on any atom is -0.388 e. The summed E-state index contributed by atoms with van der Waals surface area (Å²) in [6, 6.07) is 0. The molecule has 0 bridgehead atoms. The van der Waals surface area contributed by atoms with Crippen molar-refractivity contribution in [3.8, 4) is 0 Å². The number of hydrogen-bond acceptors (Lipinski definition) is 6. The second-order valence-corrected chi connectivity index (χ2v) is 2.99. The van der Waals surface area contributed by atoms with Gasteiger partial charge < -0.3 is 30.5 Å². The van der Waals surface area contributed by atoms with Crippen LogP contribution < -0.4 is 5.73 Å². The van der Waals surface area contributed by atoms with E-state index >= 15 is 0 Å². The van der Waals surface area contributed by atoms with Crippen LogP contribution in [-0.2, 0) is 9.47 Å². The van der Waals surface area contributed by atoms with Gasteiger partial charge in [-0.25, -0.2) is 0 Å².